The molecule has 3 aromatic heterocycles. The summed E-state index contributed by atoms with van der Waals surface area (Å²) in [7, 11) is 3.20. The number of hydrogen-bond donors (Lipinski definition) is 1. The maximum atomic E-state index is 12.7. The third-order valence-electron chi connectivity index (χ3n) is 4.76. The third kappa shape index (κ3) is 5.47. The summed E-state index contributed by atoms with van der Waals surface area (Å²) >= 11 is 10.2. The molecule has 0 spiro atoms. The van der Waals surface area contributed by atoms with Crippen LogP contribution in [0.1, 0.15) is 21.1 Å². The summed E-state index contributed by atoms with van der Waals surface area (Å²) in [6.45, 7) is 0. The molecule has 0 unspecified atom stereocenters. The quantitative estimate of drug-likeness (QED) is 0.249. The molecule has 7 nitrogen and oxygen atoms in total. The molecule has 0 aliphatic rings. The molecule has 1 aromatic carbocycles. The Bertz CT molecular complexity index is 1270. The van der Waals surface area contributed by atoms with E-state index in [2.05, 4.69) is 21.6 Å². The second-order valence-corrected chi connectivity index (χ2v) is 10.2. The van der Waals surface area contributed by atoms with E-state index in [4.69, 9.17) is 16.3 Å². The van der Waals surface area contributed by atoms with Gasteiger partial charge in [0.1, 0.15) is 16.4 Å². The monoisotopic (exact) mass is 518 g/mol. The van der Waals surface area contributed by atoms with Gasteiger partial charge in [0.05, 0.1) is 12.9 Å². The number of methoxy groups -OCH3 is 1. The fourth-order valence-corrected chi connectivity index (χ4v) is 5.61. The molecule has 0 radical (unpaired) electrons. The molecule has 1 amide bonds. The molecule has 4 aromatic rings. The Morgan fingerprint density at radius 2 is 1.97 bits per heavy atom. The van der Waals surface area contributed by atoms with E-state index in [1.54, 1.807) is 23.5 Å². The fraction of sp³-hybridized carbons (Fsp3) is 0.182. The Kier molecular flexibility index (Phi) is 7.49. The van der Waals surface area contributed by atoms with Gasteiger partial charge in [-0.25, -0.2) is 4.79 Å². The molecule has 0 aliphatic heterocycles. The van der Waals surface area contributed by atoms with Crippen LogP contribution in [0.3, 0.4) is 0 Å². The van der Waals surface area contributed by atoms with Crippen LogP contribution in [-0.4, -0.2) is 39.5 Å². The smallest absolute Gasteiger partial charge is 0.341 e. The number of aromatic nitrogens is 3. The molecule has 0 saturated carbocycles. The summed E-state index contributed by atoms with van der Waals surface area (Å²) in [6.07, 6.45) is 0.694. The van der Waals surface area contributed by atoms with Crippen molar-refractivity contribution >= 4 is 62.9 Å². The number of carbonyl (C=O) groups is 2. The van der Waals surface area contributed by atoms with Crippen molar-refractivity contribution in [2.24, 2.45) is 7.05 Å². The van der Waals surface area contributed by atoms with Gasteiger partial charge in [0.2, 0.25) is 5.91 Å². The number of anilines is 1. The largest absolute Gasteiger partial charge is 0.465 e. The van der Waals surface area contributed by atoms with Crippen molar-refractivity contribution in [2.45, 2.75) is 11.6 Å². The lowest BCUT2D eigenvalue weighted by molar-refractivity contribution is -0.113. The van der Waals surface area contributed by atoms with E-state index in [9.17, 15) is 9.59 Å². The van der Waals surface area contributed by atoms with Crippen LogP contribution in [0, 0.1) is 0 Å². The summed E-state index contributed by atoms with van der Waals surface area (Å²) in [5.41, 5.74) is 1.81. The van der Waals surface area contributed by atoms with Gasteiger partial charge in [-0.3, -0.25) is 4.79 Å². The molecule has 0 fully saturated rings. The number of nitrogens with zero attached hydrogens (tertiary/aromatic N) is 3. The zero-order chi connectivity index (χ0) is 23.4. The van der Waals surface area contributed by atoms with E-state index < -0.39 is 5.97 Å². The van der Waals surface area contributed by atoms with E-state index in [0.29, 0.717) is 32.7 Å². The van der Waals surface area contributed by atoms with Gasteiger partial charge in [0.15, 0.2) is 5.16 Å². The lowest BCUT2D eigenvalue weighted by Crippen LogP contribution is -2.16. The Balaban J connectivity index is 1.45. The molecule has 4 rings (SSSR count). The van der Waals surface area contributed by atoms with Crippen LogP contribution in [0.2, 0.25) is 5.02 Å². The van der Waals surface area contributed by atoms with Crippen LogP contribution in [-0.2, 0) is 23.0 Å². The van der Waals surface area contributed by atoms with Crippen LogP contribution in [0.15, 0.2) is 52.3 Å². The zero-order valence-corrected chi connectivity index (χ0v) is 20.9. The highest BCUT2D eigenvalue weighted by Crippen LogP contribution is 2.36. The van der Waals surface area contributed by atoms with Gasteiger partial charge < -0.3 is 14.6 Å². The molecular weight excluding hydrogens is 500 g/mol. The van der Waals surface area contributed by atoms with Crippen molar-refractivity contribution in [1.82, 2.24) is 14.8 Å². The molecule has 0 atom stereocenters. The summed E-state index contributed by atoms with van der Waals surface area (Å²) in [5.74, 6) is 0.187. The Morgan fingerprint density at radius 1 is 1.18 bits per heavy atom. The van der Waals surface area contributed by atoms with Crippen LogP contribution in [0.4, 0.5) is 5.00 Å². The standard InChI is InChI=1S/C22H19ClN4O3S3/c1-27-17(10-15-4-3-9-31-15)25-26-22(27)33-12-18(28)24-20-19(21(29)30-2)16(11-32-20)13-5-7-14(23)8-6-13/h3-9,11H,10,12H2,1-2H3,(H,24,28). The van der Waals surface area contributed by atoms with Crippen molar-refractivity contribution in [2.75, 3.05) is 18.2 Å². The average molecular weight is 519 g/mol. The molecular formula is C22H19ClN4O3S3. The number of carbonyl (C=O) groups excluding carboxylic acids is 2. The molecule has 170 valence electrons. The minimum atomic E-state index is -0.518. The SMILES string of the molecule is COC(=O)c1c(-c2ccc(Cl)cc2)csc1NC(=O)CSc1nnc(Cc2cccs2)n1C. The summed E-state index contributed by atoms with van der Waals surface area (Å²) in [5, 5.41) is 16.8. The van der Waals surface area contributed by atoms with Crippen molar-refractivity contribution < 1.29 is 14.3 Å². The van der Waals surface area contributed by atoms with Gasteiger partial charge in [-0.05, 0) is 29.1 Å². The van der Waals surface area contributed by atoms with E-state index in [1.807, 2.05) is 40.6 Å². The highest BCUT2D eigenvalue weighted by atomic mass is 35.5. The number of amides is 1. The Labute approximate surface area is 207 Å². The number of thiophene rings is 2. The molecule has 0 saturated heterocycles. The van der Waals surface area contributed by atoms with E-state index in [0.717, 1.165) is 11.4 Å². The van der Waals surface area contributed by atoms with Crippen LogP contribution in [0.5, 0.6) is 0 Å². The van der Waals surface area contributed by atoms with Gasteiger partial charge in [0, 0.05) is 34.3 Å². The minimum Gasteiger partial charge on any atom is -0.465 e. The van der Waals surface area contributed by atoms with E-state index in [1.165, 1.54) is 35.1 Å². The van der Waals surface area contributed by atoms with Crippen molar-refractivity contribution in [1.29, 1.82) is 0 Å². The summed E-state index contributed by atoms with van der Waals surface area (Å²) in [4.78, 5) is 26.3. The highest BCUT2D eigenvalue weighted by Gasteiger charge is 2.22. The maximum absolute atomic E-state index is 12.7. The lowest BCUT2D eigenvalue weighted by atomic mass is 10.0. The number of benzene rings is 1. The minimum absolute atomic E-state index is 0.125. The average Bonchev–Trinajstić information content (AvgIpc) is 3.55. The molecule has 11 heteroatoms. The first-order valence-electron chi connectivity index (χ1n) is 9.75. The number of thioether (sulfide) groups is 1. The first-order chi connectivity index (χ1) is 16.0. The van der Waals surface area contributed by atoms with E-state index in [-0.39, 0.29) is 11.7 Å². The van der Waals surface area contributed by atoms with Gasteiger partial charge in [0.25, 0.3) is 0 Å². The number of ether oxygens (including phenoxy) is 1. The number of rotatable bonds is 8. The molecule has 33 heavy (non-hydrogen) atoms. The zero-order valence-electron chi connectivity index (χ0n) is 17.7. The van der Waals surface area contributed by atoms with Gasteiger partial charge in [-0.2, -0.15) is 0 Å². The predicted octanol–water partition coefficient (Wildman–Crippen LogP) is 5.37. The van der Waals surface area contributed by atoms with Crippen LogP contribution >= 0.6 is 46.0 Å². The topological polar surface area (TPSA) is 86.1 Å². The molecule has 1 N–H and O–H groups in total. The van der Waals surface area contributed by atoms with E-state index >= 15 is 0 Å². The van der Waals surface area contributed by atoms with Crippen LogP contribution in [0.25, 0.3) is 11.1 Å². The number of hydrogen-bond acceptors (Lipinski definition) is 8. The number of halogens is 1. The second-order valence-electron chi connectivity index (χ2n) is 6.90. The number of esters is 1. The fourth-order valence-electron chi connectivity index (χ4n) is 3.08. The Morgan fingerprint density at radius 3 is 2.67 bits per heavy atom. The Hall–Kier alpha value is -2.66. The predicted molar refractivity (Wildman–Crippen MR) is 134 cm³/mol. The van der Waals surface area contributed by atoms with Crippen molar-refractivity contribution in [3.63, 3.8) is 0 Å². The molecule has 0 aliphatic carbocycles. The summed E-state index contributed by atoms with van der Waals surface area (Å²) in [6, 6.07) is 11.2. The van der Waals surface area contributed by atoms with Gasteiger partial charge in [-0.15, -0.1) is 32.9 Å². The second kappa shape index (κ2) is 10.5. The lowest BCUT2D eigenvalue weighted by Gasteiger charge is -2.08. The molecule has 0 bridgehead atoms. The van der Waals surface area contributed by atoms with Crippen molar-refractivity contribution in [3.8, 4) is 11.1 Å². The first kappa shape index (κ1) is 23.5. The van der Waals surface area contributed by atoms with Crippen LogP contribution < -0.4 is 5.32 Å². The number of nitrogens with one attached hydrogen (secondary N) is 1. The van der Waals surface area contributed by atoms with Gasteiger partial charge in [-0.1, -0.05) is 41.6 Å². The normalized spacial score (nSPS) is 10.9. The third-order valence-corrected chi connectivity index (χ3v) is 7.80. The molecule has 3 heterocycles. The maximum Gasteiger partial charge on any atom is 0.341 e. The van der Waals surface area contributed by atoms with Gasteiger partial charge >= 0.3 is 5.97 Å². The summed E-state index contributed by atoms with van der Waals surface area (Å²) < 4.78 is 6.85. The van der Waals surface area contributed by atoms with Crippen molar-refractivity contribution in [3.05, 3.63) is 68.4 Å². The first-order valence-corrected chi connectivity index (χ1v) is 12.9. The highest BCUT2D eigenvalue weighted by molar-refractivity contribution is 7.99.